The molecule has 2 rings (SSSR count). The number of aromatic carboxylic acids is 1. The van der Waals surface area contributed by atoms with Gasteiger partial charge < -0.3 is 9.67 Å². The minimum atomic E-state index is -0.944. The molecule has 112 valence electrons. The Labute approximate surface area is 124 Å². The molecule has 1 heterocycles. The third-order valence-corrected chi connectivity index (χ3v) is 3.53. The number of hydrogen-bond donors (Lipinski definition) is 1. The highest BCUT2D eigenvalue weighted by Crippen LogP contribution is 2.27. The highest BCUT2D eigenvalue weighted by molar-refractivity contribution is 5.95. The van der Waals surface area contributed by atoms with Crippen molar-refractivity contribution in [3.05, 3.63) is 45.7 Å². The molecule has 4 nitrogen and oxygen atoms in total. The largest absolute Gasteiger partial charge is 0.478 e. The van der Waals surface area contributed by atoms with Crippen LogP contribution in [0.4, 0.5) is 0 Å². The Bertz CT molecular complexity index is 742. The van der Waals surface area contributed by atoms with E-state index in [1.807, 2.05) is 13.8 Å². The van der Waals surface area contributed by atoms with Crippen LogP contribution >= 0.6 is 0 Å². The van der Waals surface area contributed by atoms with Crippen LogP contribution in [-0.4, -0.2) is 15.6 Å². The summed E-state index contributed by atoms with van der Waals surface area (Å²) in [4.78, 5) is 23.5. The first-order chi connectivity index (χ1) is 9.81. The van der Waals surface area contributed by atoms with Gasteiger partial charge in [0.1, 0.15) is 0 Å². The summed E-state index contributed by atoms with van der Waals surface area (Å²) in [6, 6.07) is 6.55. The van der Waals surface area contributed by atoms with Crippen molar-refractivity contribution in [2.45, 2.75) is 40.2 Å². The fourth-order valence-corrected chi connectivity index (χ4v) is 2.59. The summed E-state index contributed by atoms with van der Waals surface area (Å²) in [5.41, 5.74) is 1.99. The molecule has 0 aliphatic heterocycles. The van der Waals surface area contributed by atoms with E-state index in [9.17, 15) is 14.7 Å². The molecule has 0 atom stereocenters. The van der Waals surface area contributed by atoms with Crippen molar-refractivity contribution in [3.63, 3.8) is 0 Å². The average molecular weight is 287 g/mol. The zero-order valence-electron chi connectivity index (χ0n) is 12.9. The number of carbonyl (C=O) groups is 1. The molecule has 0 fully saturated rings. The van der Waals surface area contributed by atoms with Crippen LogP contribution in [0, 0.1) is 5.92 Å². The summed E-state index contributed by atoms with van der Waals surface area (Å²) in [6.45, 7) is 8.77. The molecule has 0 aliphatic rings. The lowest BCUT2D eigenvalue weighted by atomic mass is 9.96. The maximum absolute atomic E-state index is 12.2. The number of rotatable bonds is 4. The molecule has 0 aliphatic carbocycles. The van der Waals surface area contributed by atoms with Crippen molar-refractivity contribution in [3.8, 4) is 0 Å². The Balaban J connectivity index is 2.87. The monoisotopic (exact) mass is 287 g/mol. The molecule has 0 saturated heterocycles. The van der Waals surface area contributed by atoms with Gasteiger partial charge in [-0.25, -0.2) is 4.79 Å². The first kappa shape index (κ1) is 15.3. The van der Waals surface area contributed by atoms with Crippen LogP contribution in [0.5, 0.6) is 0 Å². The van der Waals surface area contributed by atoms with Crippen LogP contribution in [-0.2, 0) is 6.54 Å². The second-order valence-corrected chi connectivity index (χ2v) is 6.14. The molecule has 21 heavy (non-hydrogen) atoms. The lowest BCUT2D eigenvalue weighted by Gasteiger charge is -2.18. The third kappa shape index (κ3) is 2.99. The highest BCUT2D eigenvalue weighted by Gasteiger charge is 2.15. The number of carboxylic acid groups (broad SMARTS) is 1. The maximum Gasteiger partial charge on any atom is 0.335 e. The fourth-order valence-electron chi connectivity index (χ4n) is 2.59. The lowest BCUT2D eigenvalue weighted by molar-refractivity contribution is 0.0697. The zero-order valence-corrected chi connectivity index (χ0v) is 12.9. The van der Waals surface area contributed by atoms with E-state index in [1.165, 1.54) is 6.07 Å². The van der Waals surface area contributed by atoms with Gasteiger partial charge >= 0.3 is 5.97 Å². The number of carboxylic acids is 1. The molecule has 1 aromatic carbocycles. The maximum atomic E-state index is 12.2. The van der Waals surface area contributed by atoms with E-state index < -0.39 is 5.97 Å². The molecular formula is C17H21NO3. The Morgan fingerprint density at radius 2 is 1.86 bits per heavy atom. The Morgan fingerprint density at radius 3 is 2.38 bits per heavy atom. The van der Waals surface area contributed by atoms with Gasteiger partial charge in [-0.2, -0.15) is 0 Å². The second kappa shape index (κ2) is 5.72. The van der Waals surface area contributed by atoms with Crippen molar-refractivity contribution in [1.82, 2.24) is 4.57 Å². The molecule has 1 N–H and O–H groups in total. The van der Waals surface area contributed by atoms with Crippen molar-refractivity contribution in [2.75, 3.05) is 0 Å². The standard InChI is InChI=1S/C17H21NO3/c1-10(2)9-18-15(19)6-5-12-7-13(17(20)21)8-14(11(3)4)16(12)18/h5-8,10-11H,9H2,1-4H3,(H,20,21). The fraction of sp³-hybridized carbons (Fsp3) is 0.412. The van der Waals surface area contributed by atoms with Crippen LogP contribution in [0.1, 0.15) is 49.5 Å². The number of nitrogens with zero attached hydrogens (tertiary/aromatic N) is 1. The van der Waals surface area contributed by atoms with Crippen molar-refractivity contribution >= 4 is 16.9 Å². The van der Waals surface area contributed by atoms with Crippen LogP contribution in [0.3, 0.4) is 0 Å². The van der Waals surface area contributed by atoms with Gasteiger partial charge in [-0.05, 0) is 41.0 Å². The van der Waals surface area contributed by atoms with E-state index in [1.54, 1.807) is 22.8 Å². The van der Waals surface area contributed by atoms with Crippen molar-refractivity contribution in [2.24, 2.45) is 5.92 Å². The van der Waals surface area contributed by atoms with Gasteiger partial charge in [0.05, 0.1) is 11.1 Å². The van der Waals surface area contributed by atoms with E-state index in [4.69, 9.17) is 0 Å². The van der Waals surface area contributed by atoms with Crippen LogP contribution in [0.2, 0.25) is 0 Å². The van der Waals surface area contributed by atoms with Gasteiger partial charge in [0.2, 0.25) is 0 Å². The van der Waals surface area contributed by atoms with E-state index in [-0.39, 0.29) is 17.0 Å². The minimum Gasteiger partial charge on any atom is -0.478 e. The predicted octanol–water partition coefficient (Wildman–Crippen LogP) is 3.48. The Kier molecular flexibility index (Phi) is 4.16. The van der Waals surface area contributed by atoms with Crippen LogP contribution < -0.4 is 5.56 Å². The summed E-state index contributed by atoms with van der Waals surface area (Å²) in [7, 11) is 0. The molecule has 1 aromatic heterocycles. The summed E-state index contributed by atoms with van der Waals surface area (Å²) in [5, 5.41) is 10.1. The first-order valence-corrected chi connectivity index (χ1v) is 7.22. The lowest BCUT2D eigenvalue weighted by Crippen LogP contribution is -2.23. The van der Waals surface area contributed by atoms with E-state index in [0.29, 0.717) is 12.5 Å². The van der Waals surface area contributed by atoms with Gasteiger partial charge in [0, 0.05) is 12.6 Å². The van der Waals surface area contributed by atoms with Gasteiger partial charge in [-0.15, -0.1) is 0 Å². The first-order valence-electron chi connectivity index (χ1n) is 7.22. The van der Waals surface area contributed by atoms with Gasteiger partial charge in [-0.1, -0.05) is 27.7 Å². The Hall–Kier alpha value is -2.10. The molecule has 0 spiro atoms. The number of aromatic nitrogens is 1. The van der Waals surface area contributed by atoms with Gasteiger partial charge in [0.15, 0.2) is 0 Å². The third-order valence-electron chi connectivity index (χ3n) is 3.53. The summed E-state index contributed by atoms with van der Waals surface area (Å²) < 4.78 is 1.76. The molecule has 0 amide bonds. The smallest absolute Gasteiger partial charge is 0.335 e. The SMILES string of the molecule is CC(C)Cn1c(=O)ccc2cc(C(=O)O)cc(C(C)C)c21. The van der Waals surface area contributed by atoms with E-state index in [2.05, 4.69) is 13.8 Å². The highest BCUT2D eigenvalue weighted by atomic mass is 16.4. The molecule has 2 aromatic rings. The zero-order chi connectivity index (χ0) is 15.7. The number of fused-ring (bicyclic) bond motifs is 1. The number of benzene rings is 1. The molecule has 0 bridgehead atoms. The van der Waals surface area contributed by atoms with Crippen LogP contribution in [0.15, 0.2) is 29.1 Å². The van der Waals surface area contributed by atoms with Gasteiger partial charge in [-0.3, -0.25) is 4.79 Å². The molecule has 0 unspecified atom stereocenters. The Morgan fingerprint density at radius 1 is 1.19 bits per heavy atom. The normalized spacial score (nSPS) is 11.5. The summed E-state index contributed by atoms with van der Waals surface area (Å²) in [6.07, 6.45) is 0. The van der Waals surface area contributed by atoms with Crippen molar-refractivity contribution < 1.29 is 9.90 Å². The predicted molar refractivity (Wildman–Crippen MR) is 84.1 cm³/mol. The summed E-state index contributed by atoms with van der Waals surface area (Å²) in [5.74, 6) is -0.458. The van der Waals surface area contributed by atoms with Crippen molar-refractivity contribution in [1.29, 1.82) is 0 Å². The number of hydrogen-bond acceptors (Lipinski definition) is 2. The molecule has 4 heteroatoms. The van der Waals surface area contributed by atoms with E-state index in [0.717, 1.165) is 16.5 Å². The topological polar surface area (TPSA) is 59.3 Å². The van der Waals surface area contributed by atoms with Gasteiger partial charge in [0.25, 0.3) is 5.56 Å². The summed E-state index contributed by atoms with van der Waals surface area (Å²) >= 11 is 0. The molecule has 0 radical (unpaired) electrons. The van der Waals surface area contributed by atoms with Crippen LogP contribution in [0.25, 0.3) is 10.9 Å². The second-order valence-electron chi connectivity index (χ2n) is 6.14. The van der Waals surface area contributed by atoms with E-state index >= 15 is 0 Å². The average Bonchev–Trinajstić information content (AvgIpc) is 2.40. The molecular weight excluding hydrogens is 266 g/mol. The quantitative estimate of drug-likeness (QED) is 0.936. The number of pyridine rings is 1. The molecule has 0 saturated carbocycles. The minimum absolute atomic E-state index is 0.0406.